The number of hydrogen-bond donors (Lipinski definition) is 0. The van der Waals surface area contributed by atoms with Gasteiger partial charge in [0, 0.05) is 44.3 Å². The third-order valence-electron chi connectivity index (χ3n) is 5.26. The third-order valence-corrected chi connectivity index (χ3v) is 6.22. The molecule has 3 aromatic rings. The molecule has 7 heteroatoms. The lowest BCUT2D eigenvalue weighted by molar-refractivity contribution is 0.00222. The van der Waals surface area contributed by atoms with E-state index in [0.29, 0.717) is 31.2 Å². The summed E-state index contributed by atoms with van der Waals surface area (Å²) in [5.41, 5.74) is 2.29. The van der Waals surface area contributed by atoms with E-state index in [1.165, 1.54) is 0 Å². The fourth-order valence-corrected chi connectivity index (χ4v) is 4.53. The Morgan fingerprint density at radius 1 is 1.17 bits per heavy atom. The second-order valence-corrected chi connectivity index (χ2v) is 8.77. The summed E-state index contributed by atoms with van der Waals surface area (Å²) >= 11 is 1.59. The molecule has 4 rings (SSSR count). The highest BCUT2D eigenvalue weighted by Gasteiger charge is 2.33. The Morgan fingerprint density at radius 3 is 2.59 bits per heavy atom. The van der Waals surface area contributed by atoms with Gasteiger partial charge < -0.3 is 13.6 Å². The minimum Gasteiger partial charge on any atom is -0.381 e. The van der Waals surface area contributed by atoms with Gasteiger partial charge in [-0.2, -0.15) is 8.78 Å². The van der Waals surface area contributed by atoms with Crippen LogP contribution in [0.3, 0.4) is 0 Å². The summed E-state index contributed by atoms with van der Waals surface area (Å²) in [6.07, 6.45) is 1.78. The second-order valence-electron chi connectivity index (χ2n) is 7.56. The molecular weight excluding hydrogens is 392 g/mol. The maximum absolute atomic E-state index is 14.3. The van der Waals surface area contributed by atoms with Gasteiger partial charge in [-0.15, -0.1) is 0 Å². The molecule has 0 spiro atoms. The number of nitrogens with zero attached hydrogens (tertiary/aromatic N) is 3. The van der Waals surface area contributed by atoms with E-state index in [4.69, 9.17) is 4.74 Å². The van der Waals surface area contributed by atoms with E-state index in [2.05, 4.69) is 4.98 Å². The van der Waals surface area contributed by atoms with Crippen molar-refractivity contribution in [3.8, 4) is 0 Å². The van der Waals surface area contributed by atoms with Crippen LogP contribution in [0.5, 0.6) is 0 Å². The van der Waals surface area contributed by atoms with Gasteiger partial charge in [-0.1, -0.05) is 18.2 Å². The first-order chi connectivity index (χ1) is 13.9. The van der Waals surface area contributed by atoms with E-state index in [-0.39, 0.29) is 5.82 Å². The molecule has 0 radical (unpaired) electrons. The molecule has 4 nitrogen and oxygen atoms in total. The maximum Gasteiger partial charge on any atom is 0.302 e. The molecule has 0 N–H and O–H groups in total. The van der Waals surface area contributed by atoms with Crippen LogP contribution in [-0.4, -0.2) is 29.8 Å². The molecule has 1 saturated heterocycles. The average molecular weight is 418 g/mol. The molecule has 1 aromatic heterocycles. The highest BCUT2D eigenvalue weighted by atomic mass is 32.2. The van der Waals surface area contributed by atoms with Gasteiger partial charge in [0.25, 0.3) is 0 Å². The summed E-state index contributed by atoms with van der Waals surface area (Å²) in [5.74, 6) is -2.82. The van der Waals surface area contributed by atoms with Crippen molar-refractivity contribution < 1.29 is 13.5 Å². The van der Waals surface area contributed by atoms with Gasteiger partial charge in [0.2, 0.25) is 0 Å². The first-order valence-corrected chi connectivity index (χ1v) is 10.6. The minimum absolute atomic E-state index is 0.158. The highest BCUT2D eigenvalue weighted by molar-refractivity contribution is 8.00. The van der Waals surface area contributed by atoms with Crippen molar-refractivity contribution in [1.82, 2.24) is 9.55 Å². The fraction of sp³-hybridized carbons (Fsp3) is 0.409. The molecule has 2 aromatic carbocycles. The van der Waals surface area contributed by atoms with Gasteiger partial charge in [-0.25, -0.2) is 4.98 Å². The summed E-state index contributed by atoms with van der Waals surface area (Å²) in [4.78, 5) is 5.46. The lowest BCUT2D eigenvalue weighted by Gasteiger charge is -2.24. The van der Waals surface area contributed by atoms with E-state index in [1.807, 2.05) is 59.9 Å². The Bertz CT molecular complexity index is 965. The molecule has 0 atom stereocenters. The van der Waals surface area contributed by atoms with Gasteiger partial charge in [0.15, 0.2) is 5.82 Å². The van der Waals surface area contributed by atoms with Crippen LogP contribution in [0, 0.1) is 5.92 Å². The number of fused-ring (bicyclic) bond motifs is 1. The number of benzene rings is 2. The third kappa shape index (κ3) is 4.56. The summed E-state index contributed by atoms with van der Waals surface area (Å²) < 4.78 is 37.8. The van der Waals surface area contributed by atoms with Crippen molar-refractivity contribution in [1.29, 1.82) is 0 Å². The zero-order valence-corrected chi connectivity index (χ0v) is 17.5. The SMILES string of the molecule is CN(Sc1ccccc1)c1ccc2c(c1)nc(C(C)(F)F)n2CC1CCOCC1. The molecule has 0 bridgehead atoms. The average Bonchev–Trinajstić information content (AvgIpc) is 3.08. The number of anilines is 1. The molecule has 0 saturated carbocycles. The molecule has 154 valence electrons. The van der Waals surface area contributed by atoms with Crippen LogP contribution in [0.4, 0.5) is 14.5 Å². The number of halogens is 2. The van der Waals surface area contributed by atoms with Crippen molar-refractivity contribution in [2.45, 2.75) is 37.1 Å². The molecule has 0 unspecified atom stereocenters. The van der Waals surface area contributed by atoms with Crippen molar-refractivity contribution in [3.05, 3.63) is 54.4 Å². The molecular formula is C22H25F2N3OS. The van der Waals surface area contributed by atoms with E-state index in [1.54, 1.807) is 16.5 Å². The first kappa shape index (κ1) is 20.2. The van der Waals surface area contributed by atoms with Crippen molar-refractivity contribution in [3.63, 3.8) is 0 Å². The Labute approximate surface area is 174 Å². The van der Waals surface area contributed by atoms with Gasteiger partial charge in [0.1, 0.15) is 0 Å². The topological polar surface area (TPSA) is 30.3 Å². The quantitative estimate of drug-likeness (QED) is 0.480. The predicted molar refractivity (Wildman–Crippen MR) is 114 cm³/mol. The van der Waals surface area contributed by atoms with Crippen molar-refractivity contribution >= 4 is 28.7 Å². The van der Waals surface area contributed by atoms with Crippen LogP contribution in [0.1, 0.15) is 25.6 Å². The molecule has 1 fully saturated rings. The standard InChI is InChI=1S/C22H25F2N3OS/c1-22(23,24)21-25-19-14-17(26(2)29-18-6-4-3-5-7-18)8-9-20(19)27(21)15-16-10-12-28-13-11-16/h3-9,14,16H,10-13,15H2,1-2H3. The fourth-order valence-electron chi connectivity index (χ4n) is 3.71. The molecule has 2 heterocycles. The summed E-state index contributed by atoms with van der Waals surface area (Å²) in [7, 11) is 1.97. The lowest BCUT2D eigenvalue weighted by atomic mass is 10.00. The van der Waals surface area contributed by atoms with Crippen LogP contribution in [0.25, 0.3) is 11.0 Å². The van der Waals surface area contributed by atoms with E-state index in [9.17, 15) is 8.78 Å². The zero-order chi connectivity index (χ0) is 20.4. The van der Waals surface area contributed by atoms with Crippen LogP contribution in [-0.2, 0) is 17.2 Å². The Balaban J connectivity index is 1.65. The van der Waals surface area contributed by atoms with Gasteiger partial charge >= 0.3 is 5.92 Å². The first-order valence-electron chi connectivity index (χ1n) is 9.85. The van der Waals surface area contributed by atoms with Gasteiger partial charge in [-0.05, 0) is 61.0 Å². The summed E-state index contributed by atoms with van der Waals surface area (Å²) in [5, 5.41) is 0. The number of hydrogen-bond acceptors (Lipinski definition) is 4. The minimum atomic E-state index is -2.99. The summed E-state index contributed by atoms with van der Waals surface area (Å²) in [6.45, 7) is 2.86. The molecule has 1 aliphatic rings. The maximum atomic E-state index is 14.3. The lowest BCUT2D eigenvalue weighted by Crippen LogP contribution is -2.24. The summed E-state index contributed by atoms with van der Waals surface area (Å²) in [6, 6.07) is 15.8. The predicted octanol–water partition coefficient (Wildman–Crippen LogP) is 5.72. The van der Waals surface area contributed by atoms with Gasteiger partial charge in [0.05, 0.1) is 11.0 Å². The van der Waals surface area contributed by atoms with Crippen LogP contribution in [0.2, 0.25) is 0 Å². The monoisotopic (exact) mass is 417 g/mol. The Kier molecular flexibility index (Phi) is 5.79. The number of alkyl halides is 2. The van der Waals surface area contributed by atoms with E-state index in [0.717, 1.165) is 35.9 Å². The normalized spacial score (nSPS) is 15.7. The van der Waals surface area contributed by atoms with Gasteiger partial charge in [-0.3, -0.25) is 0 Å². The van der Waals surface area contributed by atoms with E-state index >= 15 is 0 Å². The van der Waals surface area contributed by atoms with Crippen molar-refractivity contribution in [2.75, 3.05) is 24.6 Å². The van der Waals surface area contributed by atoms with E-state index < -0.39 is 5.92 Å². The van der Waals surface area contributed by atoms with Crippen LogP contribution in [0.15, 0.2) is 53.4 Å². The zero-order valence-electron chi connectivity index (χ0n) is 16.6. The highest BCUT2D eigenvalue weighted by Crippen LogP contribution is 2.34. The Hall–Kier alpha value is -2.12. The largest absolute Gasteiger partial charge is 0.381 e. The smallest absolute Gasteiger partial charge is 0.302 e. The van der Waals surface area contributed by atoms with Crippen molar-refractivity contribution in [2.24, 2.45) is 5.92 Å². The molecule has 0 amide bonds. The molecule has 29 heavy (non-hydrogen) atoms. The van der Waals surface area contributed by atoms with Crippen LogP contribution < -0.4 is 4.31 Å². The second kappa shape index (κ2) is 8.32. The molecule has 0 aliphatic carbocycles. The number of imidazole rings is 1. The molecule has 1 aliphatic heterocycles. The number of rotatable bonds is 6. The number of ether oxygens (including phenoxy) is 1. The number of aromatic nitrogens is 2. The van der Waals surface area contributed by atoms with Crippen LogP contribution >= 0.6 is 11.9 Å². The Morgan fingerprint density at radius 2 is 1.90 bits per heavy atom.